The summed E-state index contributed by atoms with van der Waals surface area (Å²) >= 11 is 0. The number of amides is 1. The number of rotatable bonds is 21. The summed E-state index contributed by atoms with van der Waals surface area (Å²) in [5, 5.41) is 12.0. The molecule has 1 unspecified atom stereocenters. The third kappa shape index (κ3) is 10.8. The zero-order valence-corrected chi connectivity index (χ0v) is 41.1. The van der Waals surface area contributed by atoms with Crippen LogP contribution in [0.4, 0.5) is 5.82 Å². The molecule has 0 bridgehead atoms. The maximum absolute atomic E-state index is 14.8. The van der Waals surface area contributed by atoms with Crippen molar-refractivity contribution in [3.8, 4) is 17.6 Å². The second-order valence-electron chi connectivity index (χ2n) is 17.4. The molecule has 0 saturated carbocycles. The summed E-state index contributed by atoms with van der Waals surface area (Å²) in [6.07, 6.45) is -0.177. The van der Waals surface area contributed by atoms with Gasteiger partial charge >= 0.3 is 7.82 Å². The van der Waals surface area contributed by atoms with Gasteiger partial charge in [-0.25, -0.2) is 19.5 Å². The molecule has 1 N–H and O–H groups in total. The van der Waals surface area contributed by atoms with Gasteiger partial charge in [0.1, 0.15) is 41.7 Å². The van der Waals surface area contributed by atoms with E-state index < -0.39 is 46.3 Å². The Morgan fingerprint density at radius 1 is 0.868 bits per heavy atom. The van der Waals surface area contributed by atoms with Crippen LogP contribution >= 0.6 is 7.82 Å². The number of anilines is 1. The third-order valence-electron chi connectivity index (χ3n) is 12.1. The van der Waals surface area contributed by atoms with Crippen molar-refractivity contribution in [1.82, 2.24) is 19.5 Å². The minimum absolute atomic E-state index is 0.0851. The second-order valence-corrected chi connectivity index (χ2v) is 23.8. The summed E-state index contributed by atoms with van der Waals surface area (Å²) < 4.78 is 67.7. The van der Waals surface area contributed by atoms with Gasteiger partial charge in [-0.3, -0.25) is 22.9 Å². The average molecular weight is 961 g/mol. The van der Waals surface area contributed by atoms with Crippen LogP contribution < -0.4 is 14.8 Å². The number of carbonyl (C=O) groups is 1. The summed E-state index contributed by atoms with van der Waals surface area (Å²) in [5.74, 6) is 1.09. The van der Waals surface area contributed by atoms with Crippen LogP contribution in [0.5, 0.6) is 11.5 Å². The van der Waals surface area contributed by atoms with Crippen LogP contribution in [0.1, 0.15) is 60.5 Å². The summed E-state index contributed by atoms with van der Waals surface area (Å²) in [4.78, 5) is 27.1. The van der Waals surface area contributed by atoms with Crippen LogP contribution in [0.25, 0.3) is 11.2 Å². The number of hydrogen-bond donors (Lipinski definition) is 1. The highest BCUT2D eigenvalue weighted by atomic mass is 31.2. The number of ether oxygens (including phenoxy) is 4. The van der Waals surface area contributed by atoms with Gasteiger partial charge in [0.15, 0.2) is 31.5 Å². The Kier molecular flexibility index (Phi) is 15.7. The molecule has 16 nitrogen and oxygen atoms in total. The molecule has 1 aliphatic heterocycles. The van der Waals surface area contributed by atoms with Crippen molar-refractivity contribution in [2.24, 2.45) is 0 Å². The Morgan fingerprint density at radius 2 is 1.47 bits per heavy atom. The number of phosphoric acid groups is 1. The number of methoxy groups -OCH3 is 2. The molecule has 5 atom stereocenters. The van der Waals surface area contributed by atoms with Gasteiger partial charge in [-0.2, -0.15) is 5.26 Å². The molecule has 18 heteroatoms. The lowest BCUT2D eigenvalue weighted by molar-refractivity contribution is -0.0940. The number of benzene rings is 4. The van der Waals surface area contributed by atoms with E-state index in [1.165, 1.54) is 18.7 Å². The van der Waals surface area contributed by atoms with Crippen molar-refractivity contribution in [1.29, 1.82) is 5.26 Å². The van der Waals surface area contributed by atoms with Crippen LogP contribution in [0.15, 0.2) is 135 Å². The van der Waals surface area contributed by atoms with Crippen molar-refractivity contribution in [3.63, 3.8) is 0 Å². The predicted molar refractivity (Wildman–Crippen MR) is 259 cm³/mol. The minimum Gasteiger partial charge on any atom is -0.497 e. The number of nitriles is 1. The first-order valence-electron chi connectivity index (χ1n) is 22.1. The van der Waals surface area contributed by atoms with E-state index >= 15 is 0 Å². The molecular formula is C50H57N6O10PSi. The number of fused-ring (bicyclic) bond motifs is 1. The van der Waals surface area contributed by atoms with Gasteiger partial charge in [-0.05, 0) is 71.2 Å². The van der Waals surface area contributed by atoms with Gasteiger partial charge in [0.05, 0.1) is 52.9 Å². The quantitative estimate of drug-likeness (QED) is 0.0236. The molecule has 3 heterocycles. The zero-order chi connectivity index (χ0) is 48.5. The van der Waals surface area contributed by atoms with Crippen molar-refractivity contribution in [3.05, 3.63) is 157 Å². The predicted octanol–water partition coefficient (Wildman–Crippen LogP) is 10.0. The Balaban J connectivity index is 1.39. The lowest BCUT2D eigenvalue weighted by Gasteiger charge is -2.41. The number of hydrogen-bond acceptors (Lipinski definition) is 14. The molecule has 356 valence electrons. The molecule has 1 aliphatic rings. The first kappa shape index (κ1) is 49.8. The first-order chi connectivity index (χ1) is 32.7. The van der Waals surface area contributed by atoms with E-state index in [9.17, 15) is 14.6 Å². The minimum atomic E-state index is -4.51. The highest BCUT2D eigenvalue weighted by Gasteiger charge is 2.55. The highest BCUT2D eigenvalue weighted by molar-refractivity contribution is 7.48. The molecule has 1 fully saturated rings. The lowest BCUT2D eigenvalue weighted by Crippen LogP contribution is -2.49. The Morgan fingerprint density at radius 3 is 2.04 bits per heavy atom. The lowest BCUT2D eigenvalue weighted by atomic mass is 9.80. The van der Waals surface area contributed by atoms with Gasteiger partial charge in [0.25, 0.3) is 5.91 Å². The van der Waals surface area contributed by atoms with Crippen LogP contribution in [-0.4, -0.2) is 86.1 Å². The van der Waals surface area contributed by atoms with E-state index in [1.807, 2.05) is 91.0 Å². The maximum atomic E-state index is 14.8. The van der Waals surface area contributed by atoms with Gasteiger partial charge in [-0.1, -0.05) is 99.6 Å². The maximum Gasteiger partial charge on any atom is 0.475 e. The van der Waals surface area contributed by atoms with E-state index in [0.29, 0.717) is 22.7 Å². The van der Waals surface area contributed by atoms with E-state index in [0.717, 1.165) is 16.7 Å². The summed E-state index contributed by atoms with van der Waals surface area (Å²) in [6.45, 7) is 13.6. The Labute approximate surface area is 397 Å². The van der Waals surface area contributed by atoms with Crippen molar-refractivity contribution in [2.75, 3.05) is 39.4 Å². The number of aromatic nitrogens is 4. The molecule has 0 spiro atoms. The molecule has 1 saturated heterocycles. The van der Waals surface area contributed by atoms with E-state index in [-0.39, 0.29) is 48.5 Å². The van der Waals surface area contributed by atoms with E-state index in [4.69, 9.17) is 41.9 Å². The molecule has 4 aromatic carbocycles. The van der Waals surface area contributed by atoms with E-state index in [2.05, 4.69) is 55.7 Å². The summed E-state index contributed by atoms with van der Waals surface area (Å²) in [6, 6.07) is 35.8. The number of nitrogens with zero attached hydrogens (tertiary/aromatic N) is 5. The van der Waals surface area contributed by atoms with Gasteiger partial charge in [0.2, 0.25) is 0 Å². The van der Waals surface area contributed by atoms with Crippen molar-refractivity contribution >= 4 is 39.0 Å². The number of imidazole rings is 1. The van der Waals surface area contributed by atoms with Gasteiger partial charge in [-0.15, -0.1) is 6.58 Å². The third-order valence-corrected chi connectivity index (χ3v) is 18.1. The Bertz CT molecular complexity index is 2680. The number of nitrogens with one attached hydrogen (secondary N) is 1. The molecule has 7 rings (SSSR count). The first-order valence-corrected chi connectivity index (χ1v) is 26.4. The van der Waals surface area contributed by atoms with Crippen molar-refractivity contribution < 1.29 is 46.3 Å². The van der Waals surface area contributed by atoms with Gasteiger partial charge in [0, 0.05) is 5.56 Å². The normalized spacial score (nSPS) is 18.4. The molecule has 2 aromatic heterocycles. The zero-order valence-electron chi connectivity index (χ0n) is 39.2. The molecule has 0 radical (unpaired) electrons. The highest BCUT2D eigenvalue weighted by Crippen LogP contribution is 2.55. The van der Waals surface area contributed by atoms with Crippen LogP contribution in [0.2, 0.25) is 18.1 Å². The summed E-state index contributed by atoms with van der Waals surface area (Å²) in [7, 11) is -4.07. The van der Waals surface area contributed by atoms with Gasteiger partial charge < -0.3 is 28.7 Å². The smallest absolute Gasteiger partial charge is 0.475 e. The second kappa shape index (κ2) is 21.5. The van der Waals surface area contributed by atoms with Crippen LogP contribution in [-0.2, 0) is 37.6 Å². The van der Waals surface area contributed by atoms with Crippen LogP contribution in [0, 0.1) is 11.3 Å². The van der Waals surface area contributed by atoms with Crippen LogP contribution in [0.3, 0.4) is 0 Å². The average Bonchev–Trinajstić information content (AvgIpc) is 3.92. The topological polar surface area (TPSA) is 187 Å². The van der Waals surface area contributed by atoms with Crippen molar-refractivity contribution in [2.45, 2.75) is 75.5 Å². The molecule has 6 aromatic rings. The SMILES string of the molecule is C=CCOP(=O)(OCCC#N)O[C@H]1[C@@H](O[Si](C)(C)C(C)(C)C)[C@H](n2cnc3c(NC(=O)c4ccccc4)ncnc32)O[C@@H]1COC(c1ccccc1)(c1ccc(OC)cc1)c1ccc(OC)cc1. The molecule has 0 aliphatic carbocycles. The number of phosphoric ester groups is 1. The Hall–Kier alpha value is -6.06. The number of carbonyl (C=O) groups excluding carboxylic acids is 1. The molecule has 1 amide bonds. The molecule has 68 heavy (non-hydrogen) atoms. The fraction of sp³-hybridized carbons (Fsp3) is 0.340. The van der Waals surface area contributed by atoms with E-state index in [1.54, 1.807) is 43.1 Å². The largest absolute Gasteiger partial charge is 0.497 e. The standard InChI is InChI=1S/C50H57N6O10PSi/c1-9-30-62-67(58,63-31-16-29-51)65-43-41(32-61-50(36-19-14-11-15-20-36,37-21-25-39(59-5)26-22-37)38-23-27-40(60-6)28-24-38)64-48(44(43)66-68(7,8)49(2,3)4)56-34-54-42-45(52-33-53-46(42)56)55-47(57)35-17-12-10-13-18-35/h9-15,17-28,33-34,41,43-44,48H,1,16,30-32H2,2-8H3,(H,52,53,55,57)/t41-,43-,44-,48-,67?/m1/s1. The molecular weight excluding hydrogens is 904 g/mol. The monoisotopic (exact) mass is 960 g/mol. The fourth-order valence-electron chi connectivity index (χ4n) is 7.61. The summed E-state index contributed by atoms with van der Waals surface area (Å²) in [5.41, 5.74) is 2.04. The fourth-order valence-corrected chi connectivity index (χ4v) is 10.2.